The molecule has 1 fully saturated rings. The van der Waals surface area contributed by atoms with Crippen LogP contribution in [0.15, 0.2) is 0 Å². The van der Waals surface area contributed by atoms with Gasteiger partial charge in [-0.05, 0) is 12.5 Å². The van der Waals surface area contributed by atoms with E-state index >= 15 is 0 Å². The molecular weight excluding hydrogens is 268 g/mol. The Kier molecular flexibility index (Phi) is 6.44. The summed E-state index contributed by atoms with van der Waals surface area (Å²) in [5.74, 6) is 2.19. The van der Waals surface area contributed by atoms with E-state index in [1.807, 2.05) is 0 Å². The van der Waals surface area contributed by atoms with Crippen LogP contribution in [0.5, 0.6) is 0 Å². The van der Waals surface area contributed by atoms with Crippen LogP contribution < -0.4 is 5.32 Å². The molecule has 0 aromatic rings. The molecule has 1 N–H and O–H groups in total. The van der Waals surface area contributed by atoms with Crippen molar-refractivity contribution in [3.63, 3.8) is 0 Å². The Bertz CT molecular complexity index is 344. The van der Waals surface area contributed by atoms with Crippen molar-refractivity contribution in [2.24, 2.45) is 5.92 Å². The van der Waals surface area contributed by atoms with E-state index < -0.39 is 9.84 Å². The molecule has 1 rings (SSSR count). The lowest BCUT2D eigenvalue weighted by molar-refractivity contribution is 0.148. The molecule has 0 aromatic carbocycles. The smallest absolute Gasteiger partial charge is 0.164 e. The van der Waals surface area contributed by atoms with Gasteiger partial charge in [0.1, 0.15) is 5.37 Å². The topological polar surface area (TPSA) is 49.4 Å². The van der Waals surface area contributed by atoms with Crippen LogP contribution >= 0.6 is 11.8 Å². The summed E-state index contributed by atoms with van der Waals surface area (Å²) >= 11 is 1.75. The highest BCUT2D eigenvalue weighted by atomic mass is 32.2. The molecule has 1 saturated heterocycles. The summed E-state index contributed by atoms with van der Waals surface area (Å²) in [7, 11) is -3.00. The van der Waals surface area contributed by atoms with Gasteiger partial charge in [0.25, 0.3) is 0 Å². The molecule has 1 aliphatic heterocycles. The third kappa shape index (κ3) is 4.40. The molecule has 18 heavy (non-hydrogen) atoms. The number of likely N-dealkylation sites (N-methyl/N-ethyl adjacent to an activating group) is 1. The minimum Gasteiger partial charge on any atom is -0.315 e. The minimum absolute atomic E-state index is 0.297. The van der Waals surface area contributed by atoms with Gasteiger partial charge >= 0.3 is 0 Å². The zero-order valence-corrected chi connectivity index (χ0v) is 13.5. The van der Waals surface area contributed by atoms with Crippen LogP contribution in [0.2, 0.25) is 0 Å². The molecule has 2 atom stereocenters. The number of rotatable bonds is 6. The number of thioether (sulfide) groups is 1. The predicted octanol–water partition coefficient (Wildman–Crippen LogP) is 1.04. The summed E-state index contributed by atoms with van der Waals surface area (Å²) < 4.78 is 23.8. The lowest BCUT2D eigenvalue weighted by Gasteiger charge is -2.41. The molecule has 0 aliphatic carbocycles. The van der Waals surface area contributed by atoms with Crippen LogP contribution in [0, 0.1) is 5.92 Å². The van der Waals surface area contributed by atoms with E-state index in [-0.39, 0.29) is 5.37 Å². The van der Waals surface area contributed by atoms with Gasteiger partial charge in [-0.15, -0.1) is 0 Å². The minimum atomic E-state index is -3.00. The lowest BCUT2D eigenvalue weighted by atomic mass is 10.0. The summed E-state index contributed by atoms with van der Waals surface area (Å²) in [5, 5.41) is 3.04. The average molecular weight is 294 g/mol. The molecule has 0 radical (unpaired) electrons. The van der Waals surface area contributed by atoms with Crippen LogP contribution in [0.1, 0.15) is 20.8 Å². The summed E-state index contributed by atoms with van der Waals surface area (Å²) in [5.41, 5.74) is 0. The van der Waals surface area contributed by atoms with Crippen LogP contribution in [-0.4, -0.2) is 62.1 Å². The predicted molar refractivity (Wildman–Crippen MR) is 79.8 cm³/mol. The number of nitrogens with one attached hydrogen (secondary N) is 1. The van der Waals surface area contributed by atoms with Crippen LogP contribution in [0.3, 0.4) is 0 Å². The maximum Gasteiger partial charge on any atom is 0.164 e. The van der Waals surface area contributed by atoms with Gasteiger partial charge in [0.05, 0.1) is 0 Å². The normalized spacial score (nSPS) is 24.4. The number of hydrogen-bond acceptors (Lipinski definition) is 5. The standard InChI is InChI=1S/C12H26N2O2S2/c1-5-13-8-11(10(2)3)14-6-7-17-9-12(14)18(4,15)16/h10-13H,5-9H2,1-4H3. The highest BCUT2D eigenvalue weighted by molar-refractivity contribution is 8.00. The zero-order valence-electron chi connectivity index (χ0n) is 11.8. The largest absolute Gasteiger partial charge is 0.315 e. The van der Waals surface area contributed by atoms with Gasteiger partial charge in [-0.25, -0.2) is 8.42 Å². The Hall–Kier alpha value is 0.220. The van der Waals surface area contributed by atoms with Crippen LogP contribution in [0.4, 0.5) is 0 Å². The molecule has 0 amide bonds. The Balaban J connectivity index is 2.85. The second kappa shape index (κ2) is 7.12. The summed E-state index contributed by atoms with van der Waals surface area (Å²) in [4.78, 5) is 2.19. The van der Waals surface area contributed by atoms with E-state index in [0.717, 1.165) is 25.4 Å². The third-order valence-electron chi connectivity index (χ3n) is 3.42. The van der Waals surface area contributed by atoms with Crippen molar-refractivity contribution in [2.45, 2.75) is 32.2 Å². The fourth-order valence-corrected chi connectivity index (χ4v) is 5.30. The van der Waals surface area contributed by atoms with E-state index in [1.165, 1.54) is 6.26 Å². The molecule has 0 aromatic heterocycles. The third-order valence-corrected chi connectivity index (χ3v) is 6.08. The van der Waals surface area contributed by atoms with Gasteiger partial charge < -0.3 is 5.32 Å². The van der Waals surface area contributed by atoms with E-state index in [9.17, 15) is 8.42 Å². The molecule has 0 spiro atoms. The Morgan fingerprint density at radius 2 is 2.11 bits per heavy atom. The molecule has 1 heterocycles. The fourth-order valence-electron chi connectivity index (χ4n) is 2.37. The monoisotopic (exact) mass is 294 g/mol. The lowest BCUT2D eigenvalue weighted by Crippen LogP contribution is -2.56. The van der Waals surface area contributed by atoms with Gasteiger partial charge in [-0.1, -0.05) is 20.8 Å². The first kappa shape index (κ1) is 16.3. The van der Waals surface area contributed by atoms with Crippen LogP contribution in [0.25, 0.3) is 0 Å². The molecule has 0 bridgehead atoms. The maximum atomic E-state index is 11.9. The number of sulfone groups is 1. The Morgan fingerprint density at radius 3 is 2.61 bits per heavy atom. The summed E-state index contributed by atoms with van der Waals surface area (Å²) in [6.45, 7) is 9.08. The second-order valence-corrected chi connectivity index (χ2v) is 8.57. The molecule has 108 valence electrons. The van der Waals surface area contributed by atoms with Crippen molar-refractivity contribution in [1.29, 1.82) is 0 Å². The van der Waals surface area contributed by atoms with E-state index in [1.54, 1.807) is 11.8 Å². The van der Waals surface area contributed by atoms with Crippen LogP contribution in [-0.2, 0) is 9.84 Å². The molecule has 2 unspecified atom stereocenters. The first-order valence-electron chi connectivity index (χ1n) is 6.61. The molecular formula is C12H26N2O2S2. The highest BCUT2D eigenvalue weighted by Crippen LogP contribution is 2.25. The quantitative estimate of drug-likeness (QED) is 0.793. The number of nitrogens with zero attached hydrogens (tertiary/aromatic N) is 1. The highest BCUT2D eigenvalue weighted by Gasteiger charge is 2.36. The van der Waals surface area contributed by atoms with Gasteiger partial charge in [0, 0.05) is 36.9 Å². The van der Waals surface area contributed by atoms with Crippen molar-refractivity contribution in [3.05, 3.63) is 0 Å². The molecule has 0 saturated carbocycles. The second-order valence-electron chi connectivity index (χ2n) is 5.22. The van der Waals surface area contributed by atoms with Gasteiger partial charge in [-0.2, -0.15) is 11.8 Å². The average Bonchev–Trinajstić information content (AvgIpc) is 2.28. The summed E-state index contributed by atoms with van der Waals surface area (Å²) in [6, 6.07) is 0.297. The van der Waals surface area contributed by atoms with Gasteiger partial charge in [-0.3, -0.25) is 4.90 Å². The van der Waals surface area contributed by atoms with Crippen molar-refractivity contribution < 1.29 is 8.42 Å². The Labute approximate surface area is 116 Å². The Morgan fingerprint density at radius 1 is 1.44 bits per heavy atom. The zero-order chi connectivity index (χ0) is 13.8. The van der Waals surface area contributed by atoms with Crippen molar-refractivity contribution >= 4 is 21.6 Å². The van der Waals surface area contributed by atoms with E-state index in [0.29, 0.717) is 17.7 Å². The van der Waals surface area contributed by atoms with Gasteiger partial charge in [0.15, 0.2) is 9.84 Å². The molecule has 6 heteroatoms. The van der Waals surface area contributed by atoms with Crippen molar-refractivity contribution in [1.82, 2.24) is 10.2 Å². The van der Waals surface area contributed by atoms with Crippen molar-refractivity contribution in [2.75, 3.05) is 37.4 Å². The summed E-state index contributed by atoms with van der Waals surface area (Å²) in [6.07, 6.45) is 1.36. The first-order valence-corrected chi connectivity index (χ1v) is 9.72. The SMILES string of the molecule is CCNCC(C(C)C)N1CCSCC1S(C)(=O)=O. The van der Waals surface area contributed by atoms with Crippen molar-refractivity contribution in [3.8, 4) is 0 Å². The first-order chi connectivity index (χ1) is 8.38. The molecule has 1 aliphatic rings. The fraction of sp³-hybridized carbons (Fsp3) is 1.00. The van der Waals surface area contributed by atoms with E-state index in [4.69, 9.17) is 0 Å². The maximum absolute atomic E-state index is 11.9. The molecule has 4 nitrogen and oxygen atoms in total. The van der Waals surface area contributed by atoms with E-state index in [2.05, 4.69) is 31.0 Å². The number of hydrogen-bond donors (Lipinski definition) is 1. The van der Waals surface area contributed by atoms with Gasteiger partial charge in [0.2, 0.25) is 0 Å².